The Kier molecular flexibility index (Phi) is 4.49. The molecule has 1 aromatic heterocycles. The summed E-state index contributed by atoms with van der Waals surface area (Å²) in [4.78, 5) is 2.47. The van der Waals surface area contributed by atoms with Gasteiger partial charge in [-0.1, -0.05) is 6.92 Å². The Hall–Kier alpha value is -1.90. The topological polar surface area (TPSA) is 20.2 Å². The number of hydrogen-bond acceptors (Lipinski definition) is 2. The number of rotatable bonds is 6. The SMILES string of the molecule is CCCn1ccc(CNc2ccc(N3CCCC3)cc2)c1. The number of nitrogens with zero attached hydrogens (tertiary/aromatic N) is 2. The van der Waals surface area contributed by atoms with E-state index in [1.807, 2.05) is 0 Å². The van der Waals surface area contributed by atoms with Gasteiger partial charge >= 0.3 is 0 Å². The second-order valence-electron chi connectivity index (χ2n) is 5.85. The molecule has 0 atom stereocenters. The molecule has 1 aliphatic heterocycles. The third kappa shape index (κ3) is 3.60. The predicted octanol–water partition coefficient (Wildman–Crippen LogP) is 4.11. The molecule has 3 rings (SSSR count). The zero-order valence-corrected chi connectivity index (χ0v) is 12.9. The van der Waals surface area contributed by atoms with Crippen molar-refractivity contribution in [1.29, 1.82) is 0 Å². The van der Waals surface area contributed by atoms with Gasteiger partial charge in [-0.25, -0.2) is 0 Å². The number of benzene rings is 1. The number of hydrogen-bond donors (Lipinski definition) is 1. The maximum Gasteiger partial charge on any atom is 0.0415 e. The van der Waals surface area contributed by atoms with Gasteiger partial charge in [0.2, 0.25) is 0 Å². The maximum absolute atomic E-state index is 3.50. The van der Waals surface area contributed by atoms with Crippen molar-refractivity contribution < 1.29 is 0 Å². The molecule has 112 valence electrons. The molecule has 3 nitrogen and oxygen atoms in total. The first kappa shape index (κ1) is 14.1. The molecule has 1 fully saturated rings. The minimum Gasteiger partial charge on any atom is -0.381 e. The van der Waals surface area contributed by atoms with Gasteiger partial charge in [-0.3, -0.25) is 0 Å². The highest BCUT2D eigenvalue weighted by molar-refractivity contribution is 5.55. The van der Waals surface area contributed by atoms with Crippen molar-refractivity contribution in [1.82, 2.24) is 4.57 Å². The fraction of sp³-hybridized carbons (Fsp3) is 0.444. The Bertz CT molecular complexity index is 550. The maximum atomic E-state index is 3.50. The van der Waals surface area contributed by atoms with Crippen molar-refractivity contribution >= 4 is 11.4 Å². The number of nitrogens with one attached hydrogen (secondary N) is 1. The molecule has 0 spiro atoms. The first-order valence-electron chi connectivity index (χ1n) is 8.08. The molecule has 0 aliphatic carbocycles. The van der Waals surface area contributed by atoms with Crippen molar-refractivity contribution in [3.8, 4) is 0 Å². The van der Waals surface area contributed by atoms with E-state index in [9.17, 15) is 0 Å². The van der Waals surface area contributed by atoms with Crippen molar-refractivity contribution in [2.75, 3.05) is 23.3 Å². The molecular formula is C18H25N3. The lowest BCUT2D eigenvalue weighted by Crippen LogP contribution is -2.17. The third-order valence-corrected chi connectivity index (χ3v) is 4.13. The molecule has 1 aromatic carbocycles. The van der Waals surface area contributed by atoms with Crippen LogP contribution in [0.25, 0.3) is 0 Å². The summed E-state index contributed by atoms with van der Waals surface area (Å²) in [6.45, 7) is 6.61. The Morgan fingerprint density at radius 2 is 1.81 bits per heavy atom. The molecule has 2 aromatic rings. The largest absolute Gasteiger partial charge is 0.381 e. The number of anilines is 2. The second-order valence-corrected chi connectivity index (χ2v) is 5.85. The summed E-state index contributed by atoms with van der Waals surface area (Å²) in [5.41, 5.74) is 3.89. The van der Waals surface area contributed by atoms with E-state index in [2.05, 4.69) is 64.4 Å². The van der Waals surface area contributed by atoms with Crippen molar-refractivity contribution in [3.05, 3.63) is 48.3 Å². The first-order valence-corrected chi connectivity index (χ1v) is 8.08. The Balaban J connectivity index is 1.54. The molecule has 1 N–H and O–H groups in total. The molecule has 3 heteroatoms. The standard InChI is InChI=1S/C18H25N3/c1-2-10-20-13-9-16(15-20)14-19-17-5-7-18(8-6-17)21-11-3-4-12-21/h5-9,13,15,19H,2-4,10-12,14H2,1H3. The number of aromatic nitrogens is 1. The first-order chi connectivity index (χ1) is 10.3. The smallest absolute Gasteiger partial charge is 0.0415 e. The quantitative estimate of drug-likeness (QED) is 0.861. The van der Waals surface area contributed by atoms with E-state index in [-0.39, 0.29) is 0 Å². The average Bonchev–Trinajstić information content (AvgIpc) is 3.18. The molecule has 0 radical (unpaired) electrons. The number of aryl methyl sites for hydroxylation is 1. The molecule has 21 heavy (non-hydrogen) atoms. The molecule has 0 saturated carbocycles. The zero-order chi connectivity index (χ0) is 14.5. The highest BCUT2D eigenvalue weighted by Gasteiger charge is 2.11. The third-order valence-electron chi connectivity index (χ3n) is 4.13. The van der Waals surface area contributed by atoms with Gasteiger partial charge in [0, 0.05) is 49.9 Å². The lowest BCUT2D eigenvalue weighted by atomic mass is 10.2. The summed E-state index contributed by atoms with van der Waals surface area (Å²) in [7, 11) is 0. The van der Waals surface area contributed by atoms with E-state index < -0.39 is 0 Å². The van der Waals surface area contributed by atoms with Gasteiger partial charge in [0.25, 0.3) is 0 Å². The lowest BCUT2D eigenvalue weighted by molar-refractivity contribution is 0.682. The summed E-state index contributed by atoms with van der Waals surface area (Å²) in [5.74, 6) is 0. The fourth-order valence-electron chi connectivity index (χ4n) is 2.96. The zero-order valence-electron chi connectivity index (χ0n) is 12.9. The van der Waals surface area contributed by atoms with Crippen LogP contribution in [0.3, 0.4) is 0 Å². The molecule has 2 heterocycles. The highest BCUT2D eigenvalue weighted by atomic mass is 15.1. The molecule has 1 saturated heterocycles. The van der Waals surface area contributed by atoms with Crippen LogP contribution >= 0.6 is 0 Å². The van der Waals surface area contributed by atoms with Crippen LogP contribution in [-0.2, 0) is 13.1 Å². The Morgan fingerprint density at radius 3 is 2.52 bits per heavy atom. The Labute approximate surface area is 127 Å². The monoisotopic (exact) mass is 283 g/mol. The minimum atomic E-state index is 0.889. The van der Waals surface area contributed by atoms with Gasteiger partial charge in [0.15, 0.2) is 0 Å². The van der Waals surface area contributed by atoms with Gasteiger partial charge in [-0.15, -0.1) is 0 Å². The van der Waals surface area contributed by atoms with E-state index >= 15 is 0 Å². The predicted molar refractivity (Wildman–Crippen MR) is 89.9 cm³/mol. The van der Waals surface area contributed by atoms with E-state index in [1.54, 1.807) is 0 Å². The summed E-state index contributed by atoms with van der Waals surface area (Å²) in [6.07, 6.45) is 8.23. The summed E-state index contributed by atoms with van der Waals surface area (Å²) < 4.78 is 2.26. The summed E-state index contributed by atoms with van der Waals surface area (Å²) >= 11 is 0. The van der Waals surface area contributed by atoms with Gasteiger partial charge in [0.05, 0.1) is 0 Å². The van der Waals surface area contributed by atoms with Crippen LogP contribution in [0.5, 0.6) is 0 Å². The molecule has 0 bridgehead atoms. The van der Waals surface area contributed by atoms with E-state index in [1.165, 1.54) is 49.3 Å². The molecule has 0 unspecified atom stereocenters. The second kappa shape index (κ2) is 6.70. The minimum absolute atomic E-state index is 0.889. The normalized spacial score (nSPS) is 14.6. The summed E-state index contributed by atoms with van der Waals surface area (Å²) in [5, 5.41) is 3.50. The van der Waals surface area contributed by atoms with Crippen LogP contribution in [-0.4, -0.2) is 17.7 Å². The van der Waals surface area contributed by atoms with Crippen molar-refractivity contribution in [2.45, 2.75) is 39.3 Å². The van der Waals surface area contributed by atoms with Gasteiger partial charge in [-0.2, -0.15) is 0 Å². The molecular weight excluding hydrogens is 258 g/mol. The molecule has 1 aliphatic rings. The van der Waals surface area contributed by atoms with E-state index in [0.717, 1.165) is 13.1 Å². The van der Waals surface area contributed by atoms with E-state index in [4.69, 9.17) is 0 Å². The molecule has 0 amide bonds. The Morgan fingerprint density at radius 1 is 1.05 bits per heavy atom. The van der Waals surface area contributed by atoms with Crippen LogP contribution in [0, 0.1) is 0 Å². The van der Waals surface area contributed by atoms with Crippen LogP contribution < -0.4 is 10.2 Å². The van der Waals surface area contributed by atoms with Gasteiger partial charge in [-0.05, 0) is 55.2 Å². The van der Waals surface area contributed by atoms with E-state index in [0.29, 0.717) is 0 Å². The average molecular weight is 283 g/mol. The highest BCUT2D eigenvalue weighted by Crippen LogP contribution is 2.22. The van der Waals surface area contributed by atoms with Gasteiger partial charge < -0.3 is 14.8 Å². The van der Waals surface area contributed by atoms with Gasteiger partial charge in [0.1, 0.15) is 0 Å². The van der Waals surface area contributed by atoms with Crippen LogP contribution in [0.1, 0.15) is 31.7 Å². The van der Waals surface area contributed by atoms with Crippen molar-refractivity contribution in [3.63, 3.8) is 0 Å². The van der Waals surface area contributed by atoms with Crippen LogP contribution in [0.4, 0.5) is 11.4 Å². The van der Waals surface area contributed by atoms with Crippen LogP contribution in [0.2, 0.25) is 0 Å². The summed E-state index contributed by atoms with van der Waals surface area (Å²) in [6, 6.07) is 11.0. The lowest BCUT2D eigenvalue weighted by Gasteiger charge is -2.17. The van der Waals surface area contributed by atoms with Crippen molar-refractivity contribution in [2.24, 2.45) is 0 Å². The van der Waals surface area contributed by atoms with Crippen LogP contribution in [0.15, 0.2) is 42.7 Å². The fourth-order valence-corrected chi connectivity index (χ4v) is 2.96.